The van der Waals surface area contributed by atoms with Crippen molar-refractivity contribution in [1.29, 1.82) is 0 Å². The highest BCUT2D eigenvalue weighted by Crippen LogP contribution is 2.19. The molecule has 1 amide bonds. The first-order valence-corrected chi connectivity index (χ1v) is 5.61. The molecule has 0 aliphatic carbocycles. The number of carbonyl (C=O) groups excluding carboxylic acids is 1. The van der Waals surface area contributed by atoms with Crippen LogP contribution in [0.3, 0.4) is 0 Å². The van der Waals surface area contributed by atoms with Gasteiger partial charge in [-0.1, -0.05) is 0 Å². The van der Waals surface area contributed by atoms with Crippen LogP contribution in [0.5, 0.6) is 0 Å². The van der Waals surface area contributed by atoms with Gasteiger partial charge in [-0.15, -0.1) is 0 Å². The molecule has 1 aromatic carbocycles. The fourth-order valence-corrected chi connectivity index (χ4v) is 1.44. The molecule has 0 radical (unpaired) electrons. The predicted octanol–water partition coefficient (Wildman–Crippen LogP) is 2.65. The summed E-state index contributed by atoms with van der Waals surface area (Å²) in [6.45, 7) is 3.52. The van der Waals surface area contributed by atoms with Crippen LogP contribution in [0.15, 0.2) is 22.7 Å². The Labute approximate surface area is 102 Å². The van der Waals surface area contributed by atoms with Gasteiger partial charge in [-0.05, 0) is 48.0 Å². The van der Waals surface area contributed by atoms with E-state index in [2.05, 4.69) is 21.2 Å². The highest BCUT2D eigenvalue weighted by Gasteiger charge is 2.16. The molecule has 3 nitrogen and oxygen atoms in total. The van der Waals surface area contributed by atoms with Crippen molar-refractivity contribution >= 4 is 27.5 Å². The fourth-order valence-electron chi connectivity index (χ4n) is 1.19. The molecule has 0 aliphatic rings. The van der Waals surface area contributed by atoms with Crippen molar-refractivity contribution in [3.8, 4) is 0 Å². The Bertz CT molecular complexity index is 401. The molecule has 0 saturated heterocycles. The van der Waals surface area contributed by atoms with Crippen LogP contribution in [-0.4, -0.2) is 11.4 Å². The highest BCUT2D eigenvalue weighted by atomic mass is 79.9. The normalized spacial score (nSPS) is 11.3. The van der Waals surface area contributed by atoms with Crippen LogP contribution in [0.2, 0.25) is 0 Å². The van der Waals surface area contributed by atoms with Crippen LogP contribution < -0.4 is 11.1 Å². The Morgan fingerprint density at radius 2 is 2.19 bits per heavy atom. The van der Waals surface area contributed by atoms with Crippen molar-refractivity contribution in [2.45, 2.75) is 25.8 Å². The van der Waals surface area contributed by atoms with Crippen molar-refractivity contribution in [2.24, 2.45) is 5.73 Å². The van der Waals surface area contributed by atoms with E-state index >= 15 is 0 Å². The minimum absolute atomic E-state index is 0.185. The van der Waals surface area contributed by atoms with Gasteiger partial charge in [0.2, 0.25) is 5.91 Å². The summed E-state index contributed by atoms with van der Waals surface area (Å²) in [6, 6.07) is 4.42. The summed E-state index contributed by atoms with van der Waals surface area (Å²) in [5, 5.41) is 2.59. The van der Waals surface area contributed by atoms with Crippen molar-refractivity contribution in [3.05, 3.63) is 28.5 Å². The summed E-state index contributed by atoms with van der Waals surface area (Å²) >= 11 is 3.04. The molecule has 0 saturated carbocycles. The van der Waals surface area contributed by atoms with Gasteiger partial charge in [-0.2, -0.15) is 0 Å². The molecular formula is C11H14BrFN2O. The highest BCUT2D eigenvalue weighted by molar-refractivity contribution is 9.10. The van der Waals surface area contributed by atoms with Gasteiger partial charge < -0.3 is 11.1 Å². The van der Waals surface area contributed by atoms with E-state index in [-0.39, 0.29) is 12.3 Å². The maximum atomic E-state index is 13.1. The van der Waals surface area contributed by atoms with Gasteiger partial charge in [-0.25, -0.2) is 4.39 Å². The van der Waals surface area contributed by atoms with Gasteiger partial charge >= 0.3 is 0 Å². The van der Waals surface area contributed by atoms with Crippen LogP contribution in [0.4, 0.5) is 10.1 Å². The molecule has 0 spiro atoms. The molecule has 3 N–H and O–H groups in total. The number of nitrogens with one attached hydrogen (secondary N) is 1. The first-order valence-electron chi connectivity index (χ1n) is 4.82. The first-order chi connectivity index (χ1) is 7.28. The molecule has 0 unspecified atom stereocenters. The van der Waals surface area contributed by atoms with E-state index in [1.807, 2.05) is 0 Å². The van der Waals surface area contributed by atoms with E-state index in [1.54, 1.807) is 26.0 Å². The van der Waals surface area contributed by atoms with Gasteiger partial charge in [0, 0.05) is 17.6 Å². The lowest BCUT2D eigenvalue weighted by Crippen LogP contribution is -2.36. The number of hydrogen-bond donors (Lipinski definition) is 2. The van der Waals surface area contributed by atoms with Crippen LogP contribution in [0.1, 0.15) is 20.3 Å². The topological polar surface area (TPSA) is 55.1 Å². The second kappa shape index (κ2) is 4.93. The second-order valence-electron chi connectivity index (χ2n) is 4.34. The van der Waals surface area contributed by atoms with E-state index < -0.39 is 11.4 Å². The Balaban J connectivity index is 2.67. The molecule has 0 atom stereocenters. The summed E-state index contributed by atoms with van der Waals surface area (Å²) in [4.78, 5) is 11.5. The molecular weight excluding hydrogens is 275 g/mol. The molecule has 0 aromatic heterocycles. The summed E-state index contributed by atoms with van der Waals surface area (Å²) in [5.41, 5.74) is 5.56. The van der Waals surface area contributed by atoms with Crippen molar-refractivity contribution in [3.63, 3.8) is 0 Å². The predicted molar refractivity (Wildman–Crippen MR) is 65.6 cm³/mol. The van der Waals surface area contributed by atoms with Crippen LogP contribution in [0, 0.1) is 5.82 Å². The first kappa shape index (κ1) is 13.1. The van der Waals surface area contributed by atoms with Gasteiger partial charge in [0.05, 0.1) is 4.47 Å². The number of hydrogen-bond acceptors (Lipinski definition) is 2. The number of nitrogens with two attached hydrogens (primary N) is 1. The molecule has 0 fully saturated rings. The van der Waals surface area contributed by atoms with E-state index in [0.29, 0.717) is 10.2 Å². The standard InChI is InChI=1S/C11H14BrFN2O/c1-11(2,14)6-10(16)15-7-3-4-8(12)9(13)5-7/h3-5H,6,14H2,1-2H3,(H,15,16). The Hall–Kier alpha value is -0.940. The maximum absolute atomic E-state index is 13.1. The zero-order valence-corrected chi connectivity index (χ0v) is 10.8. The molecule has 1 aromatic rings. The van der Waals surface area contributed by atoms with E-state index in [4.69, 9.17) is 5.73 Å². The number of benzene rings is 1. The van der Waals surface area contributed by atoms with Gasteiger partial charge in [-0.3, -0.25) is 4.79 Å². The van der Waals surface area contributed by atoms with E-state index in [9.17, 15) is 9.18 Å². The Kier molecular flexibility index (Phi) is 4.04. The lowest BCUT2D eigenvalue weighted by Gasteiger charge is -2.17. The summed E-state index contributed by atoms with van der Waals surface area (Å²) in [6.07, 6.45) is 0.185. The summed E-state index contributed by atoms with van der Waals surface area (Å²) in [7, 11) is 0. The minimum Gasteiger partial charge on any atom is -0.326 e. The lowest BCUT2D eigenvalue weighted by molar-refractivity contribution is -0.117. The van der Waals surface area contributed by atoms with Gasteiger partial charge in [0.1, 0.15) is 5.82 Å². The van der Waals surface area contributed by atoms with E-state index in [0.717, 1.165) is 0 Å². The number of rotatable bonds is 3. The summed E-state index contributed by atoms with van der Waals surface area (Å²) in [5.74, 6) is -0.640. The van der Waals surface area contributed by atoms with Crippen molar-refractivity contribution in [1.82, 2.24) is 0 Å². The summed E-state index contributed by atoms with van der Waals surface area (Å²) < 4.78 is 13.5. The van der Waals surface area contributed by atoms with Crippen LogP contribution in [0.25, 0.3) is 0 Å². The molecule has 0 heterocycles. The average Bonchev–Trinajstić information content (AvgIpc) is 2.08. The van der Waals surface area contributed by atoms with Gasteiger partial charge in [0.25, 0.3) is 0 Å². The third-order valence-electron chi connectivity index (χ3n) is 1.82. The SMILES string of the molecule is CC(C)(N)CC(=O)Nc1ccc(Br)c(F)c1. The quantitative estimate of drug-likeness (QED) is 0.898. The second-order valence-corrected chi connectivity index (χ2v) is 5.20. The Morgan fingerprint density at radius 1 is 1.56 bits per heavy atom. The molecule has 88 valence electrons. The zero-order chi connectivity index (χ0) is 12.3. The number of carbonyl (C=O) groups is 1. The monoisotopic (exact) mass is 288 g/mol. The van der Waals surface area contributed by atoms with Crippen molar-refractivity contribution < 1.29 is 9.18 Å². The molecule has 5 heteroatoms. The molecule has 0 aliphatic heterocycles. The zero-order valence-electron chi connectivity index (χ0n) is 9.18. The minimum atomic E-state index is -0.571. The van der Waals surface area contributed by atoms with Gasteiger partial charge in [0.15, 0.2) is 0 Å². The van der Waals surface area contributed by atoms with Crippen LogP contribution >= 0.6 is 15.9 Å². The lowest BCUT2D eigenvalue weighted by atomic mass is 10.0. The maximum Gasteiger partial charge on any atom is 0.226 e. The third kappa shape index (κ3) is 4.28. The number of amides is 1. The van der Waals surface area contributed by atoms with Crippen molar-refractivity contribution in [2.75, 3.05) is 5.32 Å². The fraction of sp³-hybridized carbons (Fsp3) is 0.364. The number of anilines is 1. The molecule has 0 bridgehead atoms. The number of halogens is 2. The molecule has 16 heavy (non-hydrogen) atoms. The smallest absolute Gasteiger partial charge is 0.226 e. The van der Waals surface area contributed by atoms with Crippen LogP contribution in [-0.2, 0) is 4.79 Å². The third-order valence-corrected chi connectivity index (χ3v) is 2.46. The largest absolute Gasteiger partial charge is 0.326 e. The van der Waals surface area contributed by atoms with E-state index in [1.165, 1.54) is 6.07 Å². The average molecular weight is 289 g/mol. The Morgan fingerprint density at radius 3 is 2.69 bits per heavy atom. The molecule has 1 rings (SSSR count).